The zero-order valence-corrected chi connectivity index (χ0v) is 13.5. The van der Waals surface area contributed by atoms with Gasteiger partial charge in [0.2, 0.25) is 0 Å². The van der Waals surface area contributed by atoms with Crippen LogP contribution < -0.4 is 5.32 Å². The van der Waals surface area contributed by atoms with Crippen LogP contribution in [0.15, 0.2) is 18.3 Å². The van der Waals surface area contributed by atoms with Crippen LogP contribution in [0.1, 0.15) is 36.9 Å². The van der Waals surface area contributed by atoms with Gasteiger partial charge < -0.3 is 5.32 Å². The number of pyridine rings is 1. The highest BCUT2D eigenvalue weighted by Gasteiger charge is 2.12. The highest BCUT2D eigenvalue weighted by molar-refractivity contribution is 7.15. The van der Waals surface area contributed by atoms with Gasteiger partial charge in [0.1, 0.15) is 10.7 Å². The van der Waals surface area contributed by atoms with E-state index in [0.717, 1.165) is 35.9 Å². The molecule has 2 aromatic rings. The Hall–Kier alpha value is -1.26. The van der Waals surface area contributed by atoms with Crippen molar-refractivity contribution in [3.63, 3.8) is 0 Å². The number of hydrogen-bond acceptors (Lipinski definition) is 4. The molecule has 0 atom stereocenters. The average molecular weight is 289 g/mol. The molecule has 3 nitrogen and oxygen atoms in total. The van der Waals surface area contributed by atoms with Gasteiger partial charge in [-0.3, -0.25) is 4.98 Å². The van der Waals surface area contributed by atoms with Gasteiger partial charge in [-0.2, -0.15) is 0 Å². The molecule has 0 saturated heterocycles. The molecule has 2 rings (SSSR count). The number of thiazole rings is 1. The van der Waals surface area contributed by atoms with Gasteiger partial charge in [0.15, 0.2) is 0 Å². The largest absolute Gasteiger partial charge is 0.312 e. The molecule has 0 aliphatic rings. The topological polar surface area (TPSA) is 37.8 Å². The minimum absolute atomic E-state index is 0.671. The van der Waals surface area contributed by atoms with Gasteiger partial charge in [0.25, 0.3) is 0 Å². The van der Waals surface area contributed by atoms with Crippen LogP contribution in [0.3, 0.4) is 0 Å². The van der Waals surface area contributed by atoms with Crippen LogP contribution in [-0.4, -0.2) is 16.5 Å². The summed E-state index contributed by atoms with van der Waals surface area (Å²) in [5.74, 6) is 0.671. The van der Waals surface area contributed by atoms with Crippen molar-refractivity contribution in [2.45, 2.75) is 40.7 Å². The summed E-state index contributed by atoms with van der Waals surface area (Å²) in [5.41, 5.74) is 3.43. The average Bonchev–Trinajstić information content (AvgIpc) is 2.80. The Labute approximate surface area is 125 Å². The molecule has 1 N–H and O–H groups in total. The molecule has 0 aliphatic heterocycles. The Balaban J connectivity index is 2.18. The standard InChI is InChI=1S/C16H23N3S/c1-5-13-7-6-8-18-15(13)16-19-12(4)14(20-16)10-17-9-11(2)3/h6-8,11,17H,5,9-10H2,1-4H3. The van der Waals surface area contributed by atoms with Crippen molar-refractivity contribution in [1.82, 2.24) is 15.3 Å². The fourth-order valence-electron chi connectivity index (χ4n) is 2.08. The summed E-state index contributed by atoms with van der Waals surface area (Å²) >= 11 is 1.76. The quantitative estimate of drug-likeness (QED) is 0.878. The van der Waals surface area contributed by atoms with Gasteiger partial charge in [-0.15, -0.1) is 11.3 Å². The Morgan fingerprint density at radius 3 is 2.85 bits per heavy atom. The summed E-state index contributed by atoms with van der Waals surface area (Å²) in [6.07, 6.45) is 2.84. The van der Waals surface area contributed by atoms with Crippen molar-refractivity contribution in [2.24, 2.45) is 5.92 Å². The molecule has 0 aromatic carbocycles. The maximum absolute atomic E-state index is 4.70. The zero-order valence-electron chi connectivity index (χ0n) is 12.7. The van der Waals surface area contributed by atoms with Crippen LogP contribution in [0.2, 0.25) is 0 Å². The minimum Gasteiger partial charge on any atom is -0.312 e. The lowest BCUT2D eigenvalue weighted by molar-refractivity contribution is 0.554. The van der Waals surface area contributed by atoms with E-state index in [1.165, 1.54) is 10.4 Å². The van der Waals surface area contributed by atoms with E-state index in [-0.39, 0.29) is 0 Å². The van der Waals surface area contributed by atoms with E-state index in [9.17, 15) is 0 Å². The Morgan fingerprint density at radius 2 is 2.15 bits per heavy atom. The molecular weight excluding hydrogens is 266 g/mol. The van der Waals surface area contributed by atoms with Crippen LogP contribution in [0, 0.1) is 12.8 Å². The Morgan fingerprint density at radius 1 is 1.35 bits per heavy atom. The first-order valence-corrected chi connectivity index (χ1v) is 8.04. The van der Waals surface area contributed by atoms with Crippen molar-refractivity contribution in [3.05, 3.63) is 34.5 Å². The maximum Gasteiger partial charge on any atom is 0.142 e. The molecule has 0 amide bonds. The van der Waals surface area contributed by atoms with Crippen molar-refractivity contribution in [1.29, 1.82) is 0 Å². The van der Waals surface area contributed by atoms with Gasteiger partial charge in [-0.1, -0.05) is 26.8 Å². The summed E-state index contributed by atoms with van der Waals surface area (Å²) in [5, 5.41) is 4.53. The lowest BCUT2D eigenvalue weighted by Crippen LogP contribution is -2.18. The molecule has 0 aliphatic carbocycles. The molecule has 2 aromatic heterocycles. The van der Waals surface area contributed by atoms with Crippen LogP contribution >= 0.6 is 11.3 Å². The first kappa shape index (κ1) is 15.1. The molecule has 0 unspecified atom stereocenters. The summed E-state index contributed by atoms with van der Waals surface area (Å²) in [6.45, 7) is 10.6. The molecule has 20 heavy (non-hydrogen) atoms. The Bertz CT molecular complexity index is 561. The third-order valence-corrected chi connectivity index (χ3v) is 4.37. The molecular formula is C16H23N3S. The fourth-order valence-corrected chi connectivity index (χ4v) is 3.15. The van der Waals surface area contributed by atoms with E-state index < -0.39 is 0 Å². The molecule has 0 saturated carbocycles. The lowest BCUT2D eigenvalue weighted by atomic mass is 10.1. The number of aryl methyl sites for hydroxylation is 2. The molecule has 0 fully saturated rings. The monoisotopic (exact) mass is 289 g/mol. The van der Waals surface area contributed by atoms with E-state index in [1.807, 2.05) is 12.3 Å². The van der Waals surface area contributed by atoms with Gasteiger partial charge >= 0.3 is 0 Å². The second-order valence-corrected chi connectivity index (χ2v) is 6.50. The number of nitrogens with zero attached hydrogens (tertiary/aromatic N) is 2. The number of aromatic nitrogens is 2. The first-order chi connectivity index (χ1) is 9.61. The predicted octanol–water partition coefficient (Wildman–Crippen LogP) is 3.82. The lowest BCUT2D eigenvalue weighted by Gasteiger charge is -2.05. The molecule has 0 radical (unpaired) electrons. The highest BCUT2D eigenvalue weighted by Crippen LogP contribution is 2.28. The van der Waals surface area contributed by atoms with Crippen LogP contribution in [0.5, 0.6) is 0 Å². The molecule has 2 heterocycles. The predicted molar refractivity (Wildman–Crippen MR) is 86.0 cm³/mol. The van der Waals surface area contributed by atoms with Gasteiger partial charge in [-0.05, 0) is 37.4 Å². The molecule has 0 spiro atoms. The fraction of sp³-hybridized carbons (Fsp3) is 0.500. The van der Waals surface area contributed by atoms with E-state index in [0.29, 0.717) is 5.92 Å². The smallest absolute Gasteiger partial charge is 0.142 e. The van der Waals surface area contributed by atoms with Gasteiger partial charge in [-0.25, -0.2) is 4.98 Å². The second-order valence-electron chi connectivity index (χ2n) is 5.42. The third-order valence-electron chi connectivity index (χ3n) is 3.21. The zero-order chi connectivity index (χ0) is 14.5. The van der Waals surface area contributed by atoms with E-state index in [2.05, 4.69) is 44.1 Å². The van der Waals surface area contributed by atoms with E-state index >= 15 is 0 Å². The van der Waals surface area contributed by atoms with Crippen molar-refractivity contribution < 1.29 is 0 Å². The summed E-state index contributed by atoms with van der Waals surface area (Å²) in [4.78, 5) is 10.5. The van der Waals surface area contributed by atoms with E-state index in [4.69, 9.17) is 4.98 Å². The third kappa shape index (κ3) is 3.64. The number of rotatable bonds is 6. The molecule has 0 bridgehead atoms. The summed E-state index contributed by atoms with van der Waals surface area (Å²) < 4.78 is 0. The van der Waals surface area contributed by atoms with Gasteiger partial charge in [0, 0.05) is 17.6 Å². The highest BCUT2D eigenvalue weighted by atomic mass is 32.1. The normalized spacial score (nSPS) is 11.2. The van der Waals surface area contributed by atoms with Crippen LogP contribution in [0.4, 0.5) is 0 Å². The van der Waals surface area contributed by atoms with Crippen LogP contribution in [0.25, 0.3) is 10.7 Å². The van der Waals surface area contributed by atoms with Gasteiger partial charge in [0.05, 0.1) is 5.69 Å². The van der Waals surface area contributed by atoms with E-state index in [1.54, 1.807) is 11.3 Å². The minimum atomic E-state index is 0.671. The SMILES string of the molecule is CCc1cccnc1-c1nc(C)c(CNCC(C)C)s1. The van der Waals surface area contributed by atoms with Crippen molar-refractivity contribution in [2.75, 3.05) is 6.54 Å². The summed E-state index contributed by atoms with van der Waals surface area (Å²) in [7, 11) is 0. The first-order valence-electron chi connectivity index (χ1n) is 7.23. The number of hydrogen-bond donors (Lipinski definition) is 1. The van der Waals surface area contributed by atoms with Crippen LogP contribution in [-0.2, 0) is 13.0 Å². The second kappa shape index (κ2) is 6.95. The van der Waals surface area contributed by atoms with Crippen molar-refractivity contribution in [3.8, 4) is 10.7 Å². The summed E-state index contributed by atoms with van der Waals surface area (Å²) in [6, 6.07) is 4.13. The Kier molecular flexibility index (Phi) is 5.26. The number of nitrogens with one attached hydrogen (secondary N) is 1. The molecule has 4 heteroatoms. The molecule has 108 valence electrons. The maximum atomic E-state index is 4.70. The van der Waals surface area contributed by atoms with Crippen molar-refractivity contribution >= 4 is 11.3 Å².